The van der Waals surface area contributed by atoms with Crippen LogP contribution in [0.5, 0.6) is 0 Å². The van der Waals surface area contributed by atoms with E-state index in [0.29, 0.717) is 74.2 Å². The number of nitrogens with two attached hydrogens (primary N) is 1. The van der Waals surface area contributed by atoms with Gasteiger partial charge in [-0.3, -0.25) is 9.52 Å². The molecule has 11 heteroatoms. The summed E-state index contributed by atoms with van der Waals surface area (Å²) in [5, 5.41) is 0.581. The molecule has 3 N–H and O–H groups in total. The largest absolute Gasteiger partial charge is 0.383 e. The van der Waals surface area contributed by atoms with Crippen LogP contribution >= 0.6 is 12.4 Å². The Labute approximate surface area is 236 Å². The average Bonchev–Trinajstić information content (AvgIpc) is 3.30. The summed E-state index contributed by atoms with van der Waals surface area (Å²) in [7, 11) is -1.95. The molecular formula is C28H38ClFN4O4S. The average molecular weight is 581 g/mol. The van der Waals surface area contributed by atoms with E-state index in [-0.39, 0.29) is 35.8 Å². The Bertz CT molecular complexity index is 1390. The zero-order valence-corrected chi connectivity index (χ0v) is 24.1. The molecular weight excluding hydrogens is 543 g/mol. The maximum absolute atomic E-state index is 14.6. The van der Waals surface area contributed by atoms with Crippen molar-refractivity contribution in [2.24, 2.45) is 5.73 Å². The fourth-order valence-corrected chi connectivity index (χ4v) is 6.40. The number of hydrogen-bond donors (Lipinski definition) is 2. The van der Waals surface area contributed by atoms with Gasteiger partial charge >= 0.3 is 0 Å². The van der Waals surface area contributed by atoms with Crippen LogP contribution < -0.4 is 10.5 Å². The quantitative estimate of drug-likeness (QED) is 0.336. The molecule has 2 aromatic carbocycles. The minimum Gasteiger partial charge on any atom is -0.383 e. The summed E-state index contributed by atoms with van der Waals surface area (Å²) in [4.78, 5) is 15.6. The topological polar surface area (TPSA) is 107 Å². The van der Waals surface area contributed by atoms with Gasteiger partial charge in [-0.15, -0.1) is 12.4 Å². The number of hydrogen-bond acceptors (Lipinski definition) is 5. The number of amides is 1. The van der Waals surface area contributed by atoms with E-state index in [1.807, 2.05) is 23.6 Å². The zero-order valence-electron chi connectivity index (χ0n) is 22.5. The number of aromatic nitrogens is 1. The van der Waals surface area contributed by atoms with Crippen LogP contribution in [0.2, 0.25) is 0 Å². The fraction of sp³-hybridized carbons (Fsp3) is 0.464. The maximum atomic E-state index is 14.6. The Balaban J connectivity index is 0.00000420. The molecule has 2 heterocycles. The number of halogens is 2. The molecule has 1 amide bonds. The third kappa shape index (κ3) is 7.11. The van der Waals surface area contributed by atoms with Crippen molar-refractivity contribution in [1.82, 2.24) is 9.47 Å². The van der Waals surface area contributed by atoms with Crippen LogP contribution in [0.1, 0.15) is 60.0 Å². The van der Waals surface area contributed by atoms with E-state index in [2.05, 4.69) is 4.72 Å². The molecule has 4 rings (SSSR count). The van der Waals surface area contributed by atoms with Crippen LogP contribution in [0.4, 0.5) is 10.1 Å². The van der Waals surface area contributed by atoms with Crippen molar-refractivity contribution >= 4 is 44.9 Å². The second-order valence-corrected chi connectivity index (χ2v) is 11.7. The Kier molecular flexibility index (Phi) is 10.8. The molecule has 0 spiro atoms. The van der Waals surface area contributed by atoms with Crippen LogP contribution in [0.15, 0.2) is 42.6 Å². The molecule has 0 saturated carbocycles. The number of methoxy groups -OCH3 is 1. The van der Waals surface area contributed by atoms with E-state index < -0.39 is 10.0 Å². The van der Waals surface area contributed by atoms with E-state index in [9.17, 15) is 17.6 Å². The SMILES string of the molecule is CCCCS(=O)(=O)Nc1cccc2c1c(C(=O)N1CCC(c3cc(CN)ccc3F)CC1)cn2CCOC.Cl. The zero-order chi connectivity index (χ0) is 27.3. The van der Waals surface area contributed by atoms with Gasteiger partial charge in [-0.2, -0.15) is 0 Å². The Hall–Kier alpha value is -2.66. The van der Waals surface area contributed by atoms with Crippen LogP contribution in [-0.4, -0.2) is 56.4 Å². The number of unbranched alkanes of at least 4 members (excludes halogenated alkanes) is 1. The van der Waals surface area contributed by atoms with Crippen LogP contribution in [0.3, 0.4) is 0 Å². The summed E-state index contributed by atoms with van der Waals surface area (Å²) in [6, 6.07) is 10.4. The van der Waals surface area contributed by atoms with Crippen molar-refractivity contribution in [3.63, 3.8) is 0 Å². The van der Waals surface area contributed by atoms with Gasteiger partial charge in [0, 0.05) is 44.9 Å². The van der Waals surface area contributed by atoms with E-state index >= 15 is 0 Å². The lowest BCUT2D eigenvalue weighted by Crippen LogP contribution is -2.38. The van der Waals surface area contributed by atoms with Crippen molar-refractivity contribution in [1.29, 1.82) is 0 Å². The van der Waals surface area contributed by atoms with Gasteiger partial charge in [-0.25, -0.2) is 12.8 Å². The van der Waals surface area contributed by atoms with Crippen LogP contribution in [0, 0.1) is 5.82 Å². The Morgan fingerprint density at radius 3 is 2.62 bits per heavy atom. The molecule has 1 aromatic heterocycles. The second-order valence-electron chi connectivity index (χ2n) is 9.83. The number of rotatable bonds is 11. The highest BCUT2D eigenvalue weighted by Gasteiger charge is 2.29. The maximum Gasteiger partial charge on any atom is 0.256 e. The Morgan fingerprint density at radius 1 is 1.21 bits per heavy atom. The summed E-state index contributed by atoms with van der Waals surface area (Å²) in [5.74, 6) is -0.382. The highest BCUT2D eigenvalue weighted by Crippen LogP contribution is 2.34. The van der Waals surface area contributed by atoms with Gasteiger partial charge in [0.15, 0.2) is 0 Å². The summed E-state index contributed by atoms with van der Waals surface area (Å²) < 4.78 is 49.9. The van der Waals surface area contributed by atoms with Crippen LogP contribution in [-0.2, 0) is 27.8 Å². The van der Waals surface area contributed by atoms with E-state index in [1.54, 1.807) is 36.4 Å². The number of carbonyl (C=O) groups excluding carboxylic acids is 1. The monoisotopic (exact) mass is 580 g/mol. The number of piperidine rings is 1. The summed E-state index contributed by atoms with van der Waals surface area (Å²) in [6.07, 6.45) is 4.37. The number of likely N-dealkylation sites (tertiary alicyclic amines) is 1. The van der Waals surface area contributed by atoms with E-state index in [0.717, 1.165) is 17.5 Å². The normalized spacial score (nSPS) is 14.4. The van der Waals surface area contributed by atoms with Gasteiger partial charge in [0.05, 0.1) is 29.1 Å². The minimum atomic E-state index is -3.56. The number of carbonyl (C=O) groups is 1. The molecule has 39 heavy (non-hydrogen) atoms. The smallest absolute Gasteiger partial charge is 0.256 e. The second kappa shape index (κ2) is 13.6. The lowest BCUT2D eigenvalue weighted by atomic mass is 9.88. The number of nitrogens with zero attached hydrogens (tertiary/aromatic N) is 2. The number of benzene rings is 2. The van der Waals surface area contributed by atoms with Gasteiger partial charge in [0.2, 0.25) is 10.0 Å². The number of fused-ring (bicyclic) bond motifs is 1. The highest BCUT2D eigenvalue weighted by atomic mass is 35.5. The van der Waals surface area contributed by atoms with Gasteiger partial charge < -0.3 is 19.9 Å². The molecule has 0 aliphatic carbocycles. The lowest BCUT2D eigenvalue weighted by molar-refractivity contribution is 0.0714. The fourth-order valence-electron chi connectivity index (χ4n) is 5.12. The molecule has 1 aliphatic rings. The first-order valence-electron chi connectivity index (χ1n) is 13.2. The van der Waals surface area contributed by atoms with Crippen molar-refractivity contribution in [2.75, 3.05) is 37.3 Å². The summed E-state index contributed by atoms with van der Waals surface area (Å²) in [6.45, 7) is 4.21. The molecule has 0 atom stereocenters. The van der Waals surface area contributed by atoms with Gasteiger partial charge in [0.1, 0.15) is 5.82 Å². The third-order valence-corrected chi connectivity index (χ3v) is 8.58. The molecule has 1 saturated heterocycles. The number of sulfonamides is 1. The molecule has 214 valence electrons. The van der Waals surface area contributed by atoms with Crippen molar-refractivity contribution in [2.45, 2.75) is 51.6 Å². The van der Waals surface area contributed by atoms with Crippen molar-refractivity contribution in [3.05, 3.63) is 65.1 Å². The molecule has 8 nitrogen and oxygen atoms in total. The van der Waals surface area contributed by atoms with Gasteiger partial charge in [-0.1, -0.05) is 31.5 Å². The van der Waals surface area contributed by atoms with Crippen molar-refractivity contribution in [3.8, 4) is 0 Å². The first-order chi connectivity index (χ1) is 18.3. The standard InChI is InChI=1S/C28H37FN4O4S.ClH/c1-3-4-16-38(35,36)31-25-6-5-7-26-27(25)23(19-33(26)14-15-37-2)28(34)32-12-10-21(11-13-32)22-17-20(18-30)8-9-24(22)29;/h5-9,17,19,21,31H,3-4,10-16,18,30H2,1-2H3;1H. The lowest BCUT2D eigenvalue weighted by Gasteiger charge is -2.32. The van der Waals surface area contributed by atoms with Crippen LogP contribution in [0.25, 0.3) is 10.9 Å². The third-order valence-electron chi connectivity index (χ3n) is 7.22. The Morgan fingerprint density at radius 2 is 1.95 bits per heavy atom. The van der Waals surface area contributed by atoms with E-state index in [1.165, 1.54) is 6.07 Å². The molecule has 1 aliphatic heterocycles. The van der Waals surface area contributed by atoms with Crippen molar-refractivity contribution < 1.29 is 22.3 Å². The molecule has 0 unspecified atom stereocenters. The molecule has 0 radical (unpaired) electrons. The van der Waals surface area contributed by atoms with E-state index in [4.69, 9.17) is 10.5 Å². The first-order valence-corrected chi connectivity index (χ1v) is 14.8. The molecule has 0 bridgehead atoms. The molecule has 1 fully saturated rings. The van der Waals surface area contributed by atoms with Gasteiger partial charge in [0.25, 0.3) is 5.91 Å². The number of ether oxygens (including phenoxy) is 1. The summed E-state index contributed by atoms with van der Waals surface area (Å²) in [5.41, 5.74) is 8.89. The number of nitrogens with one attached hydrogen (secondary N) is 1. The molecule has 3 aromatic rings. The predicted molar refractivity (Wildman–Crippen MR) is 156 cm³/mol. The van der Waals surface area contributed by atoms with Gasteiger partial charge in [-0.05, 0) is 54.5 Å². The summed E-state index contributed by atoms with van der Waals surface area (Å²) >= 11 is 0. The highest BCUT2D eigenvalue weighted by molar-refractivity contribution is 7.92. The first kappa shape index (κ1) is 30.9. The number of anilines is 1. The minimum absolute atomic E-state index is 0. The predicted octanol–water partition coefficient (Wildman–Crippen LogP) is 4.87.